The number of nitrogens with one attached hydrogen (secondary N) is 2. The van der Waals surface area contributed by atoms with E-state index in [1.54, 1.807) is 23.9 Å². The molecule has 1 unspecified atom stereocenters. The number of amides is 1. The Labute approximate surface area is 133 Å². The highest BCUT2D eigenvalue weighted by Crippen LogP contribution is 2.38. The minimum atomic E-state index is -0.308. The zero-order valence-corrected chi connectivity index (χ0v) is 13.1. The normalized spacial score (nSPS) is 21.5. The van der Waals surface area contributed by atoms with Gasteiger partial charge in [0.05, 0.1) is 18.3 Å². The molecule has 1 fully saturated rings. The second kappa shape index (κ2) is 6.00. The number of aliphatic hydroxyl groups is 1. The largest absolute Gasteiger partial charge is 0.393 e. The van der Waals surface area contributed by atoms with Crippen molar-refractivity contribution in [2.45, 2.75) is 31.9 Å². The van der Waals surface area contributed by atoms with E-state index >= 15 is 0 Å². The van der Waals surface area contributed by atoms with Gasteiger partial charge in [0.1, 0.15) is 0 Å². The van der Waals surface area contributed by atoms with Crippen LogP contribution in [0.2, 0.25) is 0 Å². The molecule has 2 heterocycles. The molecule has 2 aromatic heterocycles. The van der Waals surface area contributed by atoms with E-state index in [0.29, 0.717) is 24.1 Å². The van der Waals surface area contributed by atoms with Crippen molar-refractivity contribution in [1.29, 1.82) is 0 Å². The second-order valence-electron chi connectivity index (χ2n) is 6.20. The lowest BCUT2D eigenvalue weighted by Crippen LogP contribution is -2.41. The first kappa shape index (κ1) is 15.5. The van der Waals surface area contributed by atoms with E-state index < -0.39 is 0 Å². The van der Waals surface area contributed by atoms with Gasteiger partial charge in [-0.3, -0.25) is 14.3 Å². The summed E-state index contributed by atoms with van der Waals surface area (Å²) >= 11 is 0. The average molecular weight is 316 g/mol. The van der Waals surface area contributed by atoms with Gasteiger partial charge in [-0.25, -0.2) is 0 Å². The first-order valence-electron chi connectivity index (χ1n) is 7.61. The predicted octanol–water partition coefficient (Wildman–Crippen LogP) is 0.659. The molecule has 0 spiro atoms. The minimum absolute atomic E-state index is 0.168. The maximum absolute atomic E-state index is 12.5. The van der Waals surface area contributed by atoms with Crippen LogP contribution in [0, 0.1) is 12.8 Å². The standard InChI is InChI=1S/C16H20N4O3/c1-9-3-11(6-14(22)18-9)16(23)19-15(10-4-13(21)5-10)12-7-17-20(2)8-12/h3,6-8,10,13,15,21H,4-5H2,1-2H3,(H,18,22)(H,19,23). The van der Waals surface area contributed by atoms with Crippen molar-refractivity contribution in [3.8, 4) is 0 Å². The quantitative estimate of drug-likeness (QED) is 0.771. The Morgan fingerprint density at radius 1 is 1.48 bits per heavy atom. The fourth-order valence-electron chi connectivity index (χ4n) is 3.01. The Hall–Kier alpha value is -2.41. The summed E-state index contributed by atoms with van der Waals surface area (Å²) in [6.07, 6.45) is 4.57. The minimum Gasteiger partial charge on any atom is -0.393 e. The van der Waals surface area contributed by atoms with Crippen molar-refractivity contribution < 1.29 is 9.90 Å². The summed E-state index contributed by atoms with van der Waals surface area (Å²) in [5.74, 6) is -0.129. The lowest BCUT2D eigenvalue weighted by atomic mass is 9.75. The lowest BCUT2D eigenvalue weighted by molar-refractivity contribution is 0.0235. The third-order valence-corrected chi connectivity index (χ3v) is 4.23. The van der Waals surface area contributed by atoms with Crippen LogP contribution in [0.5, 0.6) is 0 Å². The number of carbonyl (C=O) groups is 1. The number of hydrogen-bond donors (Lipinski definition) is 3. The number of pyridine rings is 1. The van der Waals surface area contributed by atoms with Crippen LogP contribution in [-0.4, -0.2) is 31.9 Å². The molecule has 1 aliphatic rings. The van der Waals surface area contributed by atoms with Crippen molar-refractivity contribution >= 4 is 5.91 Å². The highest BCUT2D eigenvalue weighted by molar-refractivity contribution is 5.94. The van der Waals surface area contributed by atoms with E-state index in [1.807, 2.05) is 13.2 Å². The molecule has 0 bridgehead atoms. The van der Waals surface area contributed by atoms with Gasteiger partial charge in [-0.1, -0.05) is 0 Å². The smallest absolute Gasteiger partial charge is 0.252 e. The molecule has 0 aromatic carbocycles. The monoisotopic (exact) mass is 316 g/mol. The van der Waals surface area contributed by atoms with Gasteiger partial charge in [-0.05, 0) is 31.7 Å². The van der Waals surface area contributed by atoms with E-state index in [2.05, 4.69) is 15.4 Å². The molecule has 0 saturated heterocycles. The Morgan fingerprint density at radius 2 is 2.22 bits per heavy atom. The van der Waals surface area contributed by atoms with E-state index in [1.165, 1.54) is 6.07 Å². The molecule has 1 amide bonds. The summed E-state index contributed by atoms with van der Waals surface area (Å²) in [5.41, 5.74) is 1.58. The molecule has 1 aliphatic carbocycles. The molecule has 122 valence electrons. The Kier molecular flexibility index (Phi) is 4.04. The Bertz CT molecular complexity index is 774. The molecular weight excluding hydrogens is 296 g/mol. The Morgan fingerprint density at radius 3 is 2.78 bits per heavy atom. The number of nitrogens with zero attached hydrogens (tertiary/aromatic N) is 2. The summed E-state index contributed by atoms with van der Waals surface area (Å²) in [6.45, 7) is 1.74. The summed E-state index contributed by atoms with van der Waals surface area (Å²) in [6, 6.07) is 2.71. The van der Waals surface area contributed by atoms with E-state index in [-0.39, 0.29) is 29.5 Å². The van der Waals surface area contributed by atoms with Gasteiger partial charge in [0.25, 0.3) is 5.91 Å². The van der Waals surface area contributed by atoms with Crippen molar-refractivity contribution in [1.82, 2.24) is 20.1 Å². The first-order chi connectivity index (χ1) is 10.9. The van der Waals surface area contributed by atoms with Gasteiger partial charge in [-0.2, -0.15) is 5.10 Å². The van der Waals surface area contributed by atoms with Crippen LogP contribution in [0.4, 0.5) is 0 Å². The molecule has 2 aromatic rings. The van der Waals surface area contributed by atoms with E-state index in [0.717, 1.165) is 5.56 Å². The maximum atomic E-state index is 12.5. The highest BCUT2D eigenvalue weighted by atomic mass is 16.3. The van der Waals surface area contributed by atoms with Gasteiger partial charge in [0.15, 0.2) is 0 Å². The molecule has 0 aliphatic heterocycles. The van der Waals surface area contributed by atoms with Crippen molar-refractivity contribution in [2.24, 2.45) is 13.0 Å². The van der Waals surface area contributed by atoms with Gasteiger partial charge in [0.2, 0.25) is 5.56 Å². The summed E-state index contributed by atoms with van der Waals surface area (Å²) in [5, 5.41) is 16.7. The molecule has 7 nitrogen and oxygen atoms in total. The van der Waals surface area contributed by atoms with Crippen LogP contribution in [0.15, 0.2) is 29.3 Å². The second-order valence-corrected chi connectivity index (χ2v) is 6.20. The number of aryl methyl sites for hydroxylation is 2. The third kappa shape index (κ3) is 3.34. The number of H-pyrrole nitrogens is 1. The van der Waals surface area contributed by atoms with Crippen molar-refractivity contribution in [3.63, 3.8) is 0 Å². The maximum Gasteiger partial charge on any atom is 0.252 e. The fourth-order valence-corrected chi connectivity index (χ4v) is 3.01. The van der Waals surface area contributed by atoms with Gasteiger partial charge in [-0.15, -0.1) is 0 Å². The summed E-state index contributed by atoms with van der Waals surface area (Å²) in [7, 11) is 1.82. The molecule has 3 N–H and O–H groups in total. The van der Waals surface area contributed by atoms with Gasteiger partial charge >= 0.3 is 0 Å². The van der Waals surface area contributed by atoms with Crippen LogP contribution in [0.3, 0.4) is 0 Å². The number of aromatic amines is 1. The van der Waals surface area contributed by atoms with E-state index in [4.69, 9.17) is 0 Å². The van der Waals surface area contributed by atoms with Crippen molar-refractivity contribution in [3.05, 3.63) is 51.7 Å². The molecule has 1 saturated carbocycles. The van der Waals surface area contributed by atoms with Crippen LogP contribution >= 0.6 is 0 Å². The van der Waals surface area contributed by atoms with Crippen LogP contribution < -0.4 is 10.9 Å². The summed E-state index contributed by atoms with van der Waals surface area (Å²) in [4.78, 5) is 26.7. The number of hydrogen-bond acceptors (Lipinski definition) is 4. The van der Waals surface area contributed by atoms with Crippen molar-refractivity contribution in [2.75, 3.05) is 0 Å². The molecule has 1 atom stereocenters. The first-order valence-corrected chi connectivity index (χ1v) is 7.61. The number of rotatable bonds is 4. The molecule has 3 rings (SSSR count). The lowest BCUT2D eigenvalue weighted by Gasteiger charge is -2.37. The third-order valence-electron chi connectivity index (χ3n) is 4.23. The zero-order valence-electron chi connectivity index (χ0n) is 13.1. The van der Waals surface area contributed by atoms with Crippen LogP contribution in [0.1, 0.15) is 40.5 Å². The predicted molar refractivity (Wildman–Crippen MR) is 83.9 cm³/mol. The molecule has 7 heteroatoms. The van der Waals surface area contributed by atoms with Gasteiger partial charge < -0.3 is 15.4 Å². The number of aliphatic hydroxyl groups excluding tert-OH is 1. The van der Waals surface area contributed by atoms with E-state index in [9.17, 15) is 14.7 Å². The number of aromatic nitrogens is 3. The zero-order chi connectivity index (χ0) is 16.6. The SMILES string of the molecule is Cc1cc(C(=O)NC(c2cnn(C)c2)C2CC(O)C2)cc(=O)[nH]1. The number of carbonyl (C=O) groups excluding carboxylic acids is 1. The Balaban J connectivity index is 1.83. The van der Waals surface area contributed by atoms with Crippen LogP contribution in [-0.2, 0) is 7.05 Å². The summed E-state index contributed by atoms with van der Waals surface area (Å²) < 4.78 is 1.68. The topological polar surface area (TPSA) is 100 Å². The van der Waals surface area contributed by atoms with Gasteiger partial charge in [0, 0.05) is 36.1 Å². The molecule has 23 heavy (non-hydrogen) atoms. The molecule has 0 radical (unpaired) electrons. The highest BCUT2D eigenvalue weighted by Gasteiger charge is 2.36. The average Bonchev–Trinajstić information content (AvgIpc) is 2.87. The van der Waals surface area contributed by atoms with Crippen LogP contribution in [0.25, 0.3) is 0 Å². The fraction of sp³-hybridized carbons (Fsp3) is 0.438. The molecular formula is C16H20N4O3.